The van der Waals surface area contributed by atoms with Gasteiger partial charge in [-0.05, 0) is 40.5 Å². The van der Waals surface area contributed by atoms with Gasteiger partial charge in [0.2, 0.25) is 0 Å². The molecule has 48 heavy (non-hydrogen) atoms. The van der Waals surface area contributed by atoms with E-state index in [0.717, 1.165) is 27.9 Å². The lowest BCUT2D eigenvalue weighted by atomic mass is 9.95. The first-order valence-corrected chi connectivity index (χ1v) is 16.3. The van der Waals surface area contributed by atoms with Crippen molar-refractivity contribution >= 4 is 5.69 Å². The summed E-state index contributed by atoms with van der Waals surface area (Å²) >= 11 is 0. The first-order chi connectivity index (χ1) is 23.7. The fraction of sp³-hybridized carbons (Fsp3) is 0.244. The minimum absolute atomic E-state index is 0.265. The molecule has 0 aliphatic carbocycles. The summed E-state index contributed by atoms with van der Waals surface area (Å²) in [7, 11) is 0. The number of hydrogen-bond donors (Lipinski definition) is 1. The van der Waals surface area contributed by atoms with Crippen molar-refractivity contribution in [1.82, 2.24) is 0 Å². The number of benzene rings is 5. The molecule has 0 radical (unpaired) electrons. The zero-order valence-corrected chi connectivity index (χ0v) is 26.8. The number of ether oxygens (including phenoxy) is 5. The van der Waals surface area contributed by atoms with Crippen molar-refractivity contribution < 1.29 is 23.7 Å². The topological polar surface area (TPSA) is 82.0 Å². The SMILES string of the molecule is N#Cc1cccc(N[C@H]2[C@H](OCc3ccccc3)O[C@H](COCc3ccccc3)[C@@H](OCc3ccccc3)[C@@H]2OCc2ccccc2)c1. The molecule has 7 nitrogen and oxygen atoms in total. The first kappa shape index (κ1) is 33.1. The van der Waals surface area contributed by atoms with Crippen molar-refractivity contribution in [3.63, 3.8) is 0 Å². The number of nitrogens with zero attached hydrogens (tertiary/aromatic N) is 1. The summed E-state index contributed by atoms with van der Waals surface area (Å²) in [5.74, 6) is 0. The van der Waals surface area contributed by atoms with Crippen LogP contribution in [-0.2, 0) is 50.1 Å². The molecule has 0 aromatic heterocycles. The van der Waals surface area contributed by atoms with Crippen LogP contribution in [0.15, 0.2) is 146 Å². The molecule has 0 amide bonds. The Morgan fingerprint density at radius 1 is 0.562 bits per heavy atom. The van der Waals surface area contributed by atoms with Gasteiger partial charge in [-0.1, -0.05) is 127 Å². The third-order valence-electron chi connectivity index (χ3n) is 8.19. The van der Waals surface area contributed by atoms with Crippen molar-refractivity contribution in [2.75, 3.05) is 11.9 Å². The van der Waals surface area contributed by atoms with Crippen molar-refractivity contribution in [1.29, 1.82) is 5.26 Å². The van der Waals surface area contributed by atoms with Crippen LogP contribution >= 0.6 is 0 Å². The van der Waals surface area contributed by atoms with E-state index in [4.69, 9.17) is 23.7 Å². The van der Waals surface area contributed by atoms with Crippen LogP contribution in [0, 0.1) is 11.3 Å². The maximum Gasteiger partial charge on any atom is 0.181 e. The highest BCUT2D eigenvalue weighted by Crippen LogP contribution is 2.32. The highest BCUT2D eigenvalue weighted by atomic mass is 16.7. The monoisotopic (exact) mass is 640 g/mol. The van der Waals surface area contributed by atoms with Crippen LogP contribution in [0.5, 0.6) is 0 Å². The van der Waals surface area contributed by atoms with Gasteiger partial charge in [0.1, 0.15) is 24.4 Å². The normalized spacial score (nSPS) is 20.5. The van der Waals surface area contributed by atoms with Crippen LogP contribution in [0.2, 0.25) is 0 Å². The molecule has 5 aromatic rings. The quantitative estimate of drug-likeness (QED) is 0.126. The Kier molecular flexibility index (Phi) is 12.0. The second-order valence-electron chi connectivity index (χ2n) is 11.7. The maximum atomic E-state index is 9.63. The Balaban J connectivity index is 1.33. The molecule has 0 spiro atoms. The van der Waals surface area contributed by atoms with Crippen molar-refractivity contribution in [2.45, 2.75) is 57.1 Å². The molecular weight excluding hydrogens is 600 g/mol. The average Bonchev–Trinajstić information content (AvgIpc) is 3.15. The third kappa shape index (κ3) is 9.39. The fourth-order valence-corrected chi connectivity index (χ4v) is 5.76. The third-order valence-corrected chi connectivity index (χ3v) is 8.19. The van der Waals surface area contributed by atoms with Crippen LogP contribution < -0.4 is 5.32 Å². The van der Waals surface area contributed by atoms with Crippen LogP contribution in [-0.4, -0.2) is 37.3 Å². The van der Waals surface area contributed by atoms with Gasteiger partial charge in [0, 0.05) is 5.69 Å². The largest absolute Gasteiger partial charge is 0.375 e. The lowest BCUT2D eigenvalue weighted by molar-refractivity contribution is -0.286. The van der Waals surface area contributed by atoms with Crippen LogP contribution in [0.3, 0.4) is 0 Å². The minimum Gasteiger partial charge on any atom is -0.375 e. The summed E-state index contributed by atoms with van der Waals surface area (Å²) in [5, 5.41) is 13.2. The molecule has 1 heterocycles. The Hall–Kier alpha value is -4.81. The van der Waals surface area contributed by atoms with Gasteiger partial charge in [-0.2, -0.15) is 5.26 Å². The second-order valence-corrected chi connectivity index (χ2v) is 11.7. The molecule has 0 saturated carbocycles. The summed E-state index contributed by atoms with van der Waals surface area (Å²) in [6.45, 7) is 1.75. The van der Waals surface area contributed by atoms with Gasteiger partial charge in [-0.25, -0.2) is 0 Å². The molecule has 5 aromatic carbocycles. The molecule has 1 aliphatic rings. The molecule has 244 valence electrons. The van der Waals surface area contributed by atoms with Crippen molar-refractivity contribution in [2.24, 2.45) is 0 Å². The predicted molar refractivity (Wildman–Crippen MR) is 185 cm³/mol. The molecule has 1 N–H and O–H groups in total. The van der Waals surface area contributed by atoms with Crippen molar-refractivity contribution in [3.05, 3.63) is 173 Å². The molecule has 1 aliphatic heterocycles. The number of rotatable bonds is 15. The van der Waals surface area contributed by atoms with E-state index in [1.807, 2.05) is 140 Å². The summed E-state index contributed by atoms with van der Waals surface area (Å²) < 4.78 is 33.2. The van der Waals surface area contributed by atoms with Gasteiger partial charge in [-0.3, -0.25) is 0 Å². The van der Waals surface area contributed by atoms with E-state index in [9.17, 15) is 5.26 Å². The van der Waals surface area contributed by atoms with Gasteiger partial charge in [0.15, 0.2) is 6.29 Å². The van der Waals surface area contributed by atoms with E-state index in [-0.39, 0.29) is 6.61 Å². The van der Waals surface area contributed by atoms with Crippen LogP contribution in [0.25, 0.3) is 0 Å². The maximum absolute atomic E-state index is 9.63. The molecule has 6 rings (SSSR count). The summed E-state index contributed by atoms with van der Waals surface area (Å²) in [6.07, 6.45) is -2.31. The number of nitrogens with one attached hydrogen (secondary N) is 1. The number of hydrogen-bond acceptors (Lipinski definition) is 7. The Morgan fingerprint density at radius 2 is 1.06 bits per heavy atom. The molecule has 0 unspecified atom stereocenters. The molecule has 7 heteroatoms. The lowest BCUT2D eigenvalue weighted by Gasteiger charge is -2.46. The molecule has 1 saturated heterocycles. The fourth-order valence-electron chi connectivity index (χ4n) is 5.76. The summed E-state index contributed by atoms with van der Waals surface area (Å²) in [4.78, 5) is 0. The van der Waals surface area contributed by atoms with E-state index in [2.05, 4.69) is 11.4 Å². The van der Waals surface area contributed by atoms with Crippen molar-refractivity contribution in [3.8, 4) is 6.07 Å². The molecular formula is C41H40N2O5. The van der Waals surface area contributed by atoms with Crippen LogP contribution in [0.1, 0.15) is 27.8 Å². The van der Waals surface area contributed by atoms with Gasteiger partial charge < -0.3 is 29.0 Å². The predicted octanol–water partition coefficient (Wildman–Crippen LogP) is 7.67. The van der Waals surface area contributed by atoms with Crippen LogP contribution in [0.4, 0.5) is 5.69 Å². The van der Waals surface area contributed by atoms with Gasteiger partial charge in [-0.15, -0.1) is 0 Å². The molecule has 1 fully saturated rings. The highest BCUT2D eigenvalue weighted by molar-refractivity contribution is 5.50. The average molecular weight is 641 g/mol. The zero-order chi connectivity index (χ0) is 32.8. The second kappa shape index (κ2) is 17.4. The van der Waals surface area contributed by atoms with Gasteiger partial charge >= 0.3 is 0 Å². The van der Waals surface area contributed by atoms with Gasteiger partial charge in [0.05, 0.1) is 44.7 Å². The van der Waals surface area contributed by atoms with E-state index in [0.29, 0.717) is 32.0 Å². The van der Waals surface area contributed by atoms with E-state index >= 15 is 0 Å². The smallest absolute Gasteiger partial charge is 0.181 e. The van der Waals surface area contributed by atoms with E-state index < -0.39 is 30.6 Å². The highest BCUT2D eigenvalue weighted by Gasteiger charge is 2.48. The van der Waals surface area contributed by atoms with E-state index in [1.54, 1.807) is 6.07 Å². The molecule has 0 bridgehead atoms. The molecule has 5 atom stereocenters. The zero-order valence-electron chi connectivity index (χ0n) is 26.8. The summed E-state index contributed by atoms with van der Waals surface area (Å²) in [6, 6.07) is 49.3. The van der Waals surface area contributed by atoms with E-state index in [1.165, 1.54) is 0 Å². The summed E-state index contributed by atoms with van der Waals surface area (Å²) in [5.41, 5.74) is 5.47. The number of anilines is 1. The Morgan fingerprint density at radius 3 is 1.60 bits per heavy atom. The number of nitriles is 1. The minimum atomic E-state index is -0.737. The standard InChI is InChI=1S/C41H40N2O5/c42-25-35-22-13-23-36(24-35)43-38-40(46-28-33-18-9-3-10-19-33)39(45-27-32-16-7-2-8-17-32)37(30-44-26-31-14-5-1-6-15-31)48-41(38)47-29-34-20-11-4-12-21-34/h1-24,37-41,43H,26-30H2/t37-,38-,39-,40-,41-/m1/s1. The Labute approximate surface area is 282 Å². The van der Waals surface area contributed by atoms with Gasteiger partial charge in [0.25, 0.3) is 0 Å². The lowest BCUT2D eigenvalue weighted by Crippen LogP contribution is -2.63. The Bertz CT molecular complexity index is 1700. The first-order valence-electron chi connectivity index (χ1n) is 16.3.